The first-order valence-corrected chi connectivity index (χ1v) is 6.27. The fourth-order valence-corrected chi connectivity index (χ4v) is 2.63. The summed E-state index contributed by atoms with van der Waals surface area (Å²) in [5.74, 6) is 0.620. The lowest BCUT2D eigenvalue weighted by molar-refractivity contribution is 0.0316. The number of amides is 1. The first kappa shape index (κ1) is 11.5. The van der Waals surface area contributed by atoms with Crippen LogP contribution in [0.5, 0.6) is 0 Å². The third-order valence-electron chi connectivity index (χ3n) is 3.58. The van der Waals surface area contributed by atoms with E-state index in [0.29, 0.717) is 19.0 Å². The minimum Gasteiger partial charge on any atom is -0.449 e. The molecule has 0 radical (unpaired) electrons. The first-order valence-electron chi connectivity index (χ1n) is 6.27. The molecule has 1 N–H and O–H groups in total. The van der Waals surface area contributed by atoms with Crippen LogP contribution in [-0.4, -0.2) is 41.2 Å². The van der Waals surface area contributed by atoms with Crippen LogP contribution < -0.4 is 5.32 Å². The summed E-state index contributed by atoms with van der Waals surface area (Å²) in [6.07, 6.45) is 3.12. The van der Waals surface area contributed by atoms with Gasteiger partial charge in [0.05, 0.1) is 18.8 Å². The van der Waals surface area contributed by atoms with E-state index in [0.717, 1.165) is 31.6 Å². The van der Waals surface area contributed by atoms with E-state index in [-0.39, 0.29) is 11.7 Å². The molecular formula is C12H17N3O3. The highest BCUT2D eigenvalue weighted by atomic mass is 16.6. The number of carbonyl (C=O) groups excluding carboxylic acids is 1. The number of rotatable bonds is 2. The molecule has 2 aliphatic rings. The van der Waals surface area contributed by atoms with Crippen molar-refractivity contribution < 1.29 is 13.9 Å². The zero-order chi connectivity index (χ0) is 12.6. The van der Waals surface area contributed by atoms with Crippen molar-refractivity contribution in [2.24, 2.45) is 0 Å². The summed E-state index contributed by atoms with van der Waals surface area (Å²) in [5, 5.41) is 3.28. The van der Waals surface area contributed by atoms with Gasteiger partial charge in [-0.05, 0) is 13.1 Å². The third-order valence-corrected chi connectivity index (χ3v) is 3.58. The zero-order valence-corrected chi connectivity index (χ0v) is 10.4. The number of nitrogens with zero attached hydrogens (tertiary/aromatic N) is 2. The lowest BCUT2D eigenvalue weighted by Crippen LogP contribution is -2.44. The molecular weight excluding hydrogens is 234 g/mol. The van der Waals surface area contributed by atoms with Crippen molar-refractivity contribution in [3.63, 3.8) is 0 Å². The number of carbonyl (C=O) groups is 1. The molecule has 1 aromatic heterocycles. The number of aromatic nitrogens is 1. The summed E-state index contributed by atoms with van der Waals surface area (Å²) >= 11 is 0. The lowest BCUT2D eigenvalue weighted by atomic mass is 9.92. The molecule has 3 rings (SSSR count). The van der Waals surface area contributed by atoms with Gasteiger partial charge < -0.3 is 14.5 Å². The van der Waals surface area contributed by atoms with E-state index in [1.165, 1.54) is 0 Å². The maximum atomic E-state index is 11.9. The molecule has 1 aromatic rings. The number of piperidine rings is 1. The van der Waals surface area contributed by atoms with E-state index >= 15 is 0 Å². The van der Waals surface area contributed by atoms with Crippen molar-refractivity contribution in [1.82, 2.24) is 15.2 Å². The monoisotopic (exact) mass is 251 g/mol. The second kappa shape index (κ2) is 4.28. The second-order valence-electron chi connectivity index (χ2n) is 5.01. The maximum absolute atomic E-state index is 11.9. The van der Waals surface area contributed by atoms with Gasteiger partial charge in [0.1, 0.15) is 11.9 Å². The van der Waals surface area contributed by atoms with Crippen molar-refractivity contribution in [2.75, 3.05) is 19.6 Å². The second-order valence-corrected chi connectivity index (χ2v) is 5.01. The number of oxazole rings is 1. The molecule has 2 saturated heterocycles. The van der Waals surface area contributed by atoms with Gasteiger partial charge in [-0.15, -0.1) is 0 Å². The summed E-state index contributed by atoms with van der Waals surface area (Å²) in [6.45, 7) is 4.72. The van der Waals surface area contributed by atoms with E-state index < -0.39 is 0 Å². The van der Waals surface area contributed by atoms with Gasteiger partial charge in [-0.1, -0.05) is 0 Å². The molecule has 98 valence electrons. The number of nitrogens with one attached hydrogen (secondary N) is 1. The fourth-order valence-electron chi connectivity index (χ4n) is 2.63. The first-order chi connectivity index (χ1) is 8.67. The molecule has 2 aliphatic heterocycles. The summed E-state index contributed by atoms with van der Waals surface area (Å²) < 4.78 is 10.7. The van der Waals surface area contributed by atoms with Crippen LogP contribution in [0, 0.1) is 6.92 Å². The standard InChI is InChI=1S/C12H17N3O3/c1-9-14-10(7-17-9)6-15-8-12(18-11(15)16)2-4-13-5-3-12/h7,13H,2-6,8H2,1H3. The minimum absolute atomic E-state index is 0.238. The Morgan fingerprint density at radius 1 is 1.50 bits per heavy atom. The van der Waals surface area contributed by atoms with Gasteiger partial charge in [-0.3, -0.25) is 4.90 Å². The molecule has 3 heterocycles. The van der Waals surface area contributed by atoms with Crippen LogP contribution in [0.1, 0.15) is 24.4 Å². The zero-order valence-electron chi connectivity index (χ0n) is 10.4. The molecule has 0 aliphatic carbocycles. The molecule has 0 aromatic carbocycles. The Morgan fingerprint density at radius 3 is 2.94 bits per heavy atom. The van der Waals surface area contributed by atoms with Crippen LogP contribution in [0.3, 0.4) is 0 Å². The molecule has 0 unspecified atom stereocenters. The molecule has 0 bridgehead atoms. The Kier molecular flexibility index (Phi) is 2.74. The smallest absolute Gasteiger partial charge is 0.410 e. The Bertz CT molecular complexity index is 451. The van der Waals surface area contributed by atoms with Crippen LogP contribution in [0.2, 0.25) is 0 Å². The third kappa shape index (κ3) is 2.08. The highest BCUT2D eigenvalue weighted by Crippen LogP contribution is 2.31. The average molecular weight is 251 g/mol. The van der Waals surface area contributed by atoms with Gasteiger partial charge in [0, 0.05) is 19.8 Å². The molecule has 6 heteroatoms. The van der Waals surface area contributed by atoms with Gasteiger partial charge in [0.25, 0.3) is 0 Å². The molecule has 0 atom stereocenters. The largest absolute Gasteiger partial charge is 0.449 e. The summed E-state index contributed by atoms with van der Waals surface area (Å²) in [7, 11) is 0. The number of ether oxygens (including phenoxy) is 1. The van der Waals surface area contributed by atoms with E-state index in [2.05, 4.69) is 10.3 Å². The van der Waals surface area contributed by atoms with E-state index in [9.17, 15) is 4.79 Å². The topological polar surface area (TPSA) is 67.6 Å². The van der Waals surface area contributed by atoms with Crippen molar-refractivity contribution in [3.05, 3.63) is 17.8 Å². The normalized spacial score (nSPS) is 22.5. The van der Waals surface area contributed by atoms with Gasteiger partial charge in [0.15, 0.2) is 5.89 Å². The molecule has 2 fully saturated rings. The van der Waals surface area contributed by atoms with Gasteiger partial charge >= 0.3 is 6.09 Å². The van der Waals surface area contributed by atoms with Crippen molar-refractivity contribution in [2.45, 2.75) is 31.9 Å². The summed E-state index contributed by atoms with van der Waals surface area (Å²) in [4.78, 5) is 17.8. The minimum atomic E-state index is -0.291. The van der Waals surface area contributed by atoms with Gasteiger partial charge in [0.2, 0.25) is 0 Å². The Labute approximate surface area is 105 Å². The Morgan fingerprint density at radius 2 is 2.28 bits per heavy atom. The van der Waals surface area contributed by atoms with Gasteiger partial charge in [-0.25, -0.2) is 9.78 Å². The predicted octanol–water partition coefficient (Wildman–Crippen LogP) is 1.06. The molecule has 1 amide bonds. The maximum Gasteiger partial charge on any atom is 0.410 e. The van der Waals surface area contributed by atoms with Crippen LogP contribution in [0.25, 0.3) is 0 Å². The van der Waals surface area contributed by atoms with Crippen LogP contribution in [-0.2, 0) is 11.3 Å². The molecule has 1 spiro atoms. The average Bonchev–Trinajstić information content (AvgIpc) is 2.86. The van der Waals surface area contributed by atoms with Crippen molar-refractivity contribution >= 4 is 6.09 Å². The molecule has 0 saturated carbocycles. The number of hydrogen-bond donors (Lipinski definition) is 1. The number of hydrogen-bond acceptors (Lipinski definition) is 5. The van der Waals surface area contributed by atoms with Gasteiger partial charge in [-0.2, -0.15) is 0 Å². The lowest BCUT2D eigenvalue weighted by Gasteiger charge is -2.31. The van der Waals surface area contributed by atoms with Crippen LogP contribution in [0.15, 0.2) is 10.7 Å². The Hall–Kier alpha value is -1.56. The van der Waals surface area contributed by atoms with Crippen molar-refractivity contribution in [1.29, 1.82) is 0 Å². The predicted molar refractivity (Wildman–Crippen MR) is 63.0 cm³/mol. The Balaban J connectivity index is 1.68. The van der Waals surface area contributed by atoms with E-state index in [4.69, 9.17) is 9.15 Å². The summed E-state index contributed by atoms with van der Waals surface area (Å²) in [6, 6.07) is 0. The fraction of sp³-hybridized carbons (Fsp3) is 0.667. The van der Waals surface area contributed by atoms with Crippen molar-refractivity contribution in [3.8, 4) is 0 Å². The molecule has 6 nitrogen and oxygen atoms in total. The van der Waals surface area contributed by atoms with Crippen LogP contribution in [0.4, 0.5) is 4.79 Å². The van der Waals surface area contributed by atoms with E-state index in [1.807, 2.05) is 0 Å². The SMILES string of the molecule is Cc1nc(CN2CC3(CCNCC3)OC2=O)co1. The number of aryl methyl sites for hydroxylation is 1. The quantitative estimate of drug-likeness (QED) is 0.851. The summed E-state index contributed by atoms with van der Waals surface area (Å²) in [5.41, 5.74) is 0.483. The molecule has 18 heavy (non-hydrogen) atoms. The van der Waals surface area contributed by atoms with Crippen LogP contribution >= 0.6 is 0 Å². The highest BCUT2D eigenvalue weighted by Gasteiger charge is 2.45. The van der Waals surface area contributed by atoms with E-state index in [1.54, 1.807) is 18.1 Å². The highest BCUT2D eigenvalue weighted by molar-refractivity contribution is 5.70.